The van der Waals surface area contributed by atoms with Gasteiger partial charge < -0.3 is 10.6 Å². The van der Waals surface area contributed by atoms with Crippen molar-refractivity contribution >= 4 is 5.69 Å². The van der Waals surface area contributed by atoms with Crippen LogP contribution in [0, 0.1) is 5.82 Å². The average molecular weight is 264 g/mol. The van der Waals surface area contributed by atoms with Crippen LogP contribution in [0.1, 0.15) is 44.9 Å². The van der Waals surface area contributed by atoms with Gasteiger partial charge >= 0.3 is 0 Å². The molecule has 0 aromatic heterocycles. The topological polar surface area (TPSA) is 29.3 Å². The Morgan fingerprint density at radius 3 is 2.26 bits per heavy atom. The van der Waals surface area contributed by atoms with Crippen LogP contribution in [-0.4, -0.2) is 19.1 Å². The summed E-state index contributed by atoms with van der Waals surface area (Å²) >= 11 is 0. The van der Waals surface area contributed by atoms with Gasteiger partial charge in [-0.25, -0.2) is 4.39 Å². The first-order valence-corrected chi connectivity index (χ1v) is 7.53. The molecule has 1 saturated carbocycles. The smallest absolute Gasteiger partial charge is 0.123 e. The zero-order valence-electron chi connectivity index (χ0n) is 11.7. The number of anilines is 1. The summed E-state index contributed by atoms with van der Waals surface area (Å²) in [6.07, 6.45) is 8.82. The Bertz CT molecular complexity index is 356. The van der Waals surface area contributed by atoms with Crippen LogP contribution in [0.25, 0.3) is 0 Å². The Labute approximate surface area is 115 Å². The molecule has 2 N–H and O–H groups in total. The summed E-state index contributed by atoms with van der Waals surface area (Å²) in [5, 5.41) is 0. The maximum atomic E-state index is 13.1. The van der Waals surface area contributed by atoms with E-state index in [0.717, 1.165) is 18.7 Å². The monoisotopic (exact) mass is 264 g/mol. The van der Waals surface area contributed by atoms with Gasteiger partial charge in [-0.05, 0) is 50.1 Å². The highest BCUT2D eigenvalue weighted by Crippen LogP contribution is 2.27. The lowest BCUT2D eigenvalue weighted by atomic mass is 10.1. The van der Waals surface area contributed by atoms with E-state index in [1.165, 1.54) is 38.5 Å². The second kappa shape index (κ2) is 7.49. The number of halogens is 1. The minimum Gasteiger partial charge on any atom is -0.368 e. The van der Waals surface area contributed by atoms with Gasteiger partial charge in [-0.1, -0.05) is 25.7 Å². The van der Waals surface area contributed by atoms with Crippen LogP contribution in [-0.2, 0) is 0 Å². The van der Waals surface area contributed by atoms with Crippen molar-refractivity contribution < 1.29 is 4.39 Å². The third kappa shape index (κ3) is 4.20. The summed E-state index contributed by atoms with van der Waals surface area (Å²) < 4.78 is 13.1. The lowest BCUT2D eigenvalue weighted by Gasteiger charge is -2.33. The van der Waals surface area contributed by atoms with Crippen LogP contribution >= 0.6 is 0 Å². The first-order chi connectivity index (χ1) is 9.31. The van der Waals surface area contributed by atoms with Gasteiger partial charge in [-0.15, -0.1) is 0 Å². The van der Waals surface area contributed by atoms with E-state index in [-0.39, 0.29) is 5.82 Å². The van der Waals surface area contributed by atoms with Gasteiger partial charge in [0.05, 0.1) is 0 Å². The van der Waals surface area contributed by atoms with E-state index < -0.39 is 0 Å². The molecule has 1 aromatic rings. The van der Waals surface area contributed by atoms with E-state index in [1.807, 2.05) is 12.1 Å². The van der Waals surface area contributed by atoms with Gasteiger partial charge in [0.25, 0.3) is 0 Å². The van der Waals surface area contributed by atoms with E-state index in [9.17, 15) is 4.39 Å². The van der Waals surface area contributed by atoms with Crippen molar-refractivity contribution in [1.29, 1.82) is 0 Å². The standard InChI is InChI=1S/C16H25FN2/c17-14-8-10-16(11-9-14)19(13-5-12-18)15-6-3-1-2-4-7-15/h8-11,15H,1-7,12-13,18H2. The molecule has 19 heavy (non-hydrogen) atoms. The van der Waals surface area contributed by atoms with Gasteiger partial charge in [0.15, 0.2) is 0 Å². The Kier molecular flexibility index (Phi) is 5.64. The van der Waals surface area contributed by atoms with Crippen LogP contribution < -0.4 is 10.6 Å². The molecule has 0 amide bonds. The van der Waals surface area contributed by atoms with Crippen LogP contribution in [0.4, 0.5) is 10.1 Å². The molecule has 1 aliphatic carbocycles. The van der Waals surface area contributed by atoms with E-state index in [4.69, 9.17) is 5.73 Å². The fraction of sp³-hybridized carbons (Fsp3) is 0.625. The molecule has 0 radical (unpaired) electrons. The zero-order chi connectivity index (χ0) is 13.5. The van der Waals surface area contributed by atoms with E-state index >= 15 is 0 Å². The number of benzene rings is 1. The second-order valence-corrected chi connectivity index (χ2v) is 5.46. The molecule has 0 aliphatic heterocycles. The third-order valence-electron chi connectivity index (χ3n) is 4.03. The summed E-state index contributed by atoms with van der Waals surface area (Å²) in [6.45, 7) is 1.69. The highest BCUT2D eigenvalue weighted by Gasteiger charge is 2.20. The highest BCUT2D eigenvalue weighted by molar-refractivity contribution is 5.47. The van der Waals surface area contributed by atoms with E-state index in [2.05, 4.69) is 4.90 Å². The molecule has 1 aromatic carbocycles. The minimum atomic E-state index is -0.164. The molecule has 2 nitrogen and oxygen atoms in total. The van der Waals surface area contributed by atoms with Crippen LogP contribution in [0.2, 0.25) is 0 Å². The number of nitrogens with two attached hydrogens (primary N) is 1. The van der Waals surface area contributed by atoms with Crippen LogP contribution in [0.3, 0.4) is 0 Å². The molecule has 1 fully saturated rings. The van der Waals surface area contributed by atoms with E-state index in [1.54, 1.807) is 12.1 Å². The molecule has 3 heteroatoms. The Balaban J connectivity index is 2.11. The molecular formula is C16H25FN2. The molecule has 0 saturated heterocycles. The molecule has 0 heterocycles. The van der Waals surface area contributed by atoms with Crippen molar-refractivity contribution in [2.75, 3.05) is 18.0 Å². The highest BCUT2D eigenvalue weighted by atomic mass is 19.1. The summed E-state index contributed by atoms with van der Waals surface area (Å²) in [6, 6.07) is 7.51. The lowest BCUT2D eigenvalue weighted by molar-refractivity contribution is 0.518. The predicted molar refractivity (Wildman–Crippen MR) is 78.9 cm³/mol. The quantitative estimate of drug-likeness (QED) is 0.822. The van der Waals surface area contributed by atoms with Crippen molar-refractivity contribution in [1.82, 2.24) is 0 Å². The third-order valence-corrected chi connectivity index (χ3v) is 4.03. The molecule has 2 rings (SSSR count). The summed E-state index contributed by atoms with van der Waals surface area (Å²) in [5.41, 5.74) is 6.79. The van der Waals surface area contributed by atoms with Gasteiger partial charge in [0.1, 0.15) is 5.82 Å². The van der Waals surface area contributed by atoms with Gasteiger partial charge in [0, 0.05) is 18.3 Å². The Morgan fingerprint density at radius 1 is 1.05 bits per heavy atom. The van der Waals surface area contributed by atoms with Crippen molar-refractivity contribution in [2.24, 2.45) is 5.73 Å². The van der Waals surface area contributed by atoms with Gasteiger partial charge in [-0.3, -0.25) is 0 Å². The summed E-state index contributed by atoms with van der Waals surface area (Å²) in [5.74, 6) is -0.164. The normalized spacial score (nSPS) is 17.2. The SMILES string of the molecule is NCCCN(c1ccc(F)cc1)C1CCCCCC1. The fourth-order valence-corrected chi connectivity index (χ4v) is 2.99. The molecule has 0 bridgehead atoms. The maximum Gasteiger partial charge on any atom is 0.123 e. The molecule has 1 aliphatic rings. The molecule has 0 spiro atoms. The average Bonchev–Trinajstić information content (AvgIpc) is 2.70. The predicted octanol–water partition coefficient (Wildman–Crippen LogP) is 3.70. The first kappa shape index (κ1) is 14.3. The molecule has 0 atom stereocenters. The number of hydrogen-bond donors (Lipinski definition) is 1. The minimum absolute atomic E-state index is 0.164. The lowest BCUT2D eigenvalue weighted by Crippen LogP contribution is -2.36. The Hall–Kier alpha value is -1.09. The van der Waals surface area contributed by atoms with Gasteiger partial charge in [-0.2, -0.15) is 0 Å². The van der Waals surface area contributed by atoms with Crippen molar-refractivity contribution in [2.45, 2.75) is 51.0 Å². The van der Waals surface area contributed by atoms with Gasteiger partial charge in [0.2, 0.25) is 0 Å². The number of nitrogens with zero attached hydrogens (tertiary/aromatic N) is 1. The molecule has 106 valence electrons. The largest absolute Gasteiger partial charge is 0.368 e. The van der Waals surface area contributed by atoms with Crippen molar-refractivity contribution in [3.8, 4) is 0 Å². The fourth-order valence-electron chi connectivity index (χ4n) is 2.99. The summed E-state index contributed by atoms with van der Waals surface area (Å²) in [7, 11) is 0. The Morgan fingerprint density at radius 2 is 1.68 bits per heavy atom. The van der Waals surface area contributed by atoms with Crippen LogP contribution in [0.15, 0.2) is 24.3 Å². The van der Waals surface area contributed by atoms with Crippen LogP contribution in [0.5, 0.6) is 0 Å². The van der Waals surface area contributed by atoms with Crippen molar-refractivity contribution in [3.05, 3.63) is 30.1 Å². The summed E-state index contributed by atoms with van der Waals surface area (Å²) in [4.78, 5) is 2.44. The van der Waals surface area contributed by atoms with E-state index in [0.29, 0.717) is 12.6 Å². The maximum absolute atomic E-state index is 13.1. The molecular weight excluding hydrogens is 239 g/mol. The number of rotatable bonds is 5. The number of hydrogen-bond acceptors (Lipinski definition) is 2. The first-order valence-electron chi connectivity index (χ1n) is 7.53. The van der Waals surface area contributed by atoms with Crippen molar-refractivity contribution in [3.63, 3.8) is 0 Å². The zero-order valence-corrected chi connectivity index (χ0v) is 11.7. The second-order valence-electron chi connectivity index (χ2n) is 5.46. The molecule has 0 unspecified atom stereocenters.